The molecule has 0 spiro atoms. The second-order valence-corrected chi connectivity index (χ2v) is 11.5. The summed E-state index contributed by atoms with van der Waals surface area (Å²) in [6.45, 7) is 9.96. The van der Waals surface area contributed by atoms with Gasteiger partial charge in [0.25, 0.3) is 0 Å². The smallest absolute Gasteiger partial charge is 0.233 e. The van der Waals surface area contributed by atoms with E-state index in [9.17, 15) is 9.59 Å². The van der Waals surface area contributed by atoms with Gasteiger partial charge in [0.2, 0.25) is 11.8 Å². The van der Waals surface area contributed by atoms with Gasteiger partial charge in [-0.25, -0.2) is 0 Å². The van der Waals surface area contributed by atoms with Gasteiger partial charge in [-0.3, -0.25) is 18.7 Å². The monoisotopic (exact) mass is 576 g/mol. The Morgan fingerprint density at radius 3 is 1.38 bits per heavy atom. The first-order valence-electron chi connectivity index (χ1n) is 13.1. The molecule has 0 aliphatic carbocycles. The fourth-order valence-electron chi connectivity index (χ4n) is 4.70. The van der Waals surface area contributed by atoms with Gasteiger partial charge < -0.3 is 9.80 Å². The number of piperazine rings is 1. The molecule has 0 saturated carbocycles. The summed E-state index contributed by atoms with van der Waals surface area (Å²) < 4.78 is 3.98. The Morgan fingerprint density at radius 1 is 0.625 bits per heavy atom. The van der Waals surface area contributed by atoms with Crippen LogP contribution in [0.2, 0.25) is 0 Å². The Bertz CT molecular complexity index is 1410. The summed E-state index contributed by atoms with van der Waals surface area (Å²) in [5.74, 6) is 2.15. The van der Waals surface area contributed by atoms with Crippen molar-refractivity contribution in [3.8, 4) is 11.4 Å². The van der Waals surface area contributed by atoms with Crippen LogP contribution in [-0.4, -0.2) is 88.8 Å². The van der Waals surface area contributed by atoms with Gasteiger partial charge >= 0.3 is 0 Å². The zero-order valence-electron chi connectivity index (χ0n) is 23.1. The number of aryl methyl sites for hydroxylation is 4. The van der Waals surface area contributed by atoms with E-state index in [4.69, 9.17) is 0 Å². The lowest BCUT2D eigenvalue weighted by atomic mass is 10.2. The van der Waals surface area contributed by atoms with Crippen LogP contribution in [0.5, 0.6) is 0 Å². The second-order valence-electron chi connectivity index (χ2n) is 9.64. The predicted octanol–water partition coefficient (Wildman–Crippen LogP) is 3.64. The number of amides is 2. The fraction of sp³-hybridized carbons (Fsp3) is 0.357. The summed E-state index contributed by atoms with van der Waals surface area (Å²) in [7, 11) is 0. The highest BCUT2D eigenvalue weighted by Gasteiger charge is 2.25. The van der Waals surface area contributed by atoms with Crippen LogP contribution in [0, 0.1) is 27.7 Å². The Hall–Kier alpha value is -3.64. The number of benzene rings is 2. The lowest BCUT2D eigenvalue weighted by Crippen LogP contribution is -2.51. The lowest BCUT2D eigenvalue weighted by molar-refractivity contribution is -0.136. The number of hydrogen-bond donors (Lipinski definition) is 0. The van der Waals surface area contributed by atoms with E-state index < -0.39 is 0 Å². The fourth-order valence-corrected chi connectivity index (χ4v) is 6.48. The summed E-state index contributed by atoms with van der Waals surface area (Å²) in [4.78, 5) is 29.7. The number of nitrogens with zero attached hydrogens (tertiary/aromatic N) is 8. The van der Waals surface area contributed by atoms with Crippen molar-refractivity contribution in [3.05, 3.63) is 71.3 Å². The number of thioether (sulfide) groups is 2. The van der Waals surface area contributed by atoms with Crippen LogP contribution in [0.1, 0.15) is 22.8 Å². The number of rotatable bonds is 8. The zero-order valence-corrected chi connectivity index (χ0v) is 24.7. The van der Waals surface area contributed by atoms with Crippen LogP contribution < -0.4 is 0 Å². The number of carbonyl (C=O) groups excluding carboxylic acids is 2. The van der Waals surface area contributed by atoms with Gasteiger partial charge in [0.1, 0.15) is 11.6 Å². The summed E-state index contributed by atoms with van der Waals surface area (Å²) in [5, 5.41) is 18.5. The summed E-state index contributed by atoms with van der Waals surface area (Å²) in [6.07, 6.45) is 0. The van der Waals surface area contributed by atoms with Crippen LogP contribution in [0.3, 0.4) is 0 Å². The Kier molecular flexibility index (Phi) is 8.55. The molecule has 0 atom stereocenters. The number of para-hydroxylation sites is 2. The molecular formula is C28H32N8O2S2. The predicted molar refractivity (Wildman–Crippen MR) is 156 cm³/mol. The summed E-state index contributed by atoms with van der Waals surface area (Å²) >= 11 is 2.78. The lowest BCUT2D eigenvalue weighted by Gasteiger charge is -2.34. The van der Waals surface area contributed by atoms with Gasteiger partial charge in [-0.15, -0.1) is 20.4 Å². The standard InChI is InChI=1S/C28H32N8O2S2/c1-19-9-5-7-11-23(19)35-21(3)29-31-27(35)39-17-25(37)33-13-15-34(16-14-33)26(38)18-40-28-32-30-22(4)36(28)24-12-8-6-10-20(24)2/h5-12H,13-18H2,1-4H3. The molecule has 1 fully saturated rings. The maximum atomic E-state index is 13.0. The normalized spacial score (nSPS) is 13.6. The van der Waals surface area contributed by atoms with Crippen molar-refractivity contribution in [2.75, 3.05) is 37.7 Å². The van der Waals surface area contributed by atoms with Crippen molar-refractivity contribution >= 4 is 35.3 Å². The molecule has 1 aliphatic rings. The van der Waals surface area contributed by atoms with E-state index in [2.05, 4.69) is 20.4 Å². The molecule has 1 aliphatic heterocycles. The van der Waals surface area contributed by atoms with Gasteiger partial charge in [0.15, 0.2) is 10.3 Å². The third kappa shape index (κ3) is 5.92. The highest BCUT2D eigenvalue weighted by molar-refractivity contribution is 8.00. The number of hydrogen-bond acceptors (Lipinski definition) is 8. The average molecular weight is 577 g/mol. The molecule has 0 radical (unpaired) electrons. The molecule has 4 aromatic rings. The third-order valence-corrected chi connectivity index (χ3v) is 8.77. The zero-order chi connectivity index (χ0) is 28.2. The average Bonchev–Trinajstić information content (AvgIpc) is 3.52. The molecule has 2 amide bonds. The van der Waals surface area contributed by atoms with E-state index in [0.29, 0.717) is 36.5 Å². The van der Waals surface area contributed by atoms with Gasteiger partial charge in [-0.2, -0.15) is 0 Å². The molecular weight excluding hydrogens is 544 g/mol. The molecule has 10 nitrogen and oxygen atoms in total. The Morgan fingerprint density at radius 2 is 1.00 bits per heavy atom. The van der Waals surface area contributed by atoms with E-state index in [1.54, 1.807) is 0 Å². The summed E-state index contributed by atoms with van der Waals surface area (Å²) in [6, 6.07) is 16.1. The molecule has 0 N–H and O–H groups in total. The molecule has 208 valence electrons. The molecule has 0 bridgehead atoms. The topological polar surface area (TPSA) is 102 Å². The first-order chi connectivity index (χ1) is 19.3. The van der Waals surface area contributed by atoms with Crippen molar-refractivity contribution < 1.29 is 9.59 Å². The van der Waals surface area contributed by atoms with Gasteiger partial charge in [-0.1, -0.05) is 59.9 Å². The maximum Gasteiger partial charge on any atom is 0.233 e. The van der Waals surface area contributed by atoms with Crippen LogP contribution >= 0.6 is 23.5 Å². The first kappa shape index (κ1) is 27.9. The third-order valence-electron chi connectivity index (χ3n) is 6.94. The van der Waals surface area contributed by atoms with E-state index in [1.165, 1.54) is 23.5 Å². The van der Waals surface area contributed by atoms with Crippen LogP contribution in [0.25, 0.3) is 11.4 Å². The van der Waals surface area contributed by atoms with Gasteiger partial charge in [0, 0.05) is 26.2 Å². The van der Waals surface area contributed by atoms with Crippen LogP contribution in [0.15, 0.2) is 58.8 Å². The minimum absolute atomic E-state index is 0.0327. The molecule has 40 heavy (non-hydrogen) atoms. The van der Waals surface area contributed by atoms with Gasteiger partial charge in [0.05, 0.1) is 22.9 Å². The molecule has 3 heterocycles. The molecule has 1 saturated heterocycles. The van der Waals surface area contributed by atoms with E-state index in [0.717, 1.165) is 34.2 Å². The van der Waals surface area contributed by atoms with Crippen molar-refractivity contribution in [1.82, 2.24) is 39.3 Å². The van der Waals surface area contributed by atoms with E-state index in [1.807, 2.05) is 95.2 Å². The first-order valence-corrected chi connectivity index (χ1v) is 15.1. The van der Waals surface area contributed by atoms with Crippen LogP contribution in [0.4, 0.5) is 0 Å². The highest BCUT2D eigenvalue weighted by atomic mass is 32.2. The molecule has 12 heteroatoms. The second kappa shape index (κ2) is 12.3. The van der Waals surface area contributed by atoms with Crippen molar-refractivity contribution in [3.63, 3.8) is 0 Å². The number of carbonyl (C=O) groups is 2. The molecule has 5 rings (SSSR count). The highest BCUT2D eigenvalue weighted by Crippen LogP contribution is 2.26. The van der Waals surface area contributed by atoms with Gasteiger partial charge in [-0.05, 0) is 51.0 Å². The molecule has 2 aromatic carbocycles. The van der Waals surface area contributed by atoms with E-state index >= 15 is 0 Å². The van der Waals surface area contributed by atoms with Crippen molar-refractivity contribution in [1.29, 1.82) is 0 Å². The number of aromatic nitrogens is 6. The van der Waals surface area contributed by atoms with E-state index in [-0.39, 0.29) is 23.3 Å². The van der Waals surface area contributed by atoms with Crippen LogP contribution in [-0.2, 0) is 9.59 Å². The van der Waals surface area contributed by atoms with Crippen molar-refractivity contribution in [2.45, 2.75) is 38.0 Å². The Balaban J connectivity index is 1.13. The summed E-state index contributed by atoms with van der Waals surface area (Å²) in [5.41, 5.74) is 4.25. The quantitative estimate of drug-likeness (QED) is 0.293. The SMILES string of the molecule is Cc1ccccc1-n1c(C)nnc1SCC(=O)N1CCN(C(=O)CSc2nnc(C)n2-c2ccccc2C)CC1. The minimum atomic E-state index is 0.0327. The minimum Gasteiger partial charge on any atom is -0.338 e. The van der Waals surface area contributed by atoms with Crippen molar-refractivity contribution in [2.24, 2.45) is 0 Å². The maximum absolute atomic E-state index is 13.0. The largest absolute Gasteiger partial charge is 0.338 e. The molecule has 2 aromatic heterocycles. The molecule has 0 unspecified atom stereocenters. The Labute approximate surface area is 242 Å².